The van der Waals surface area contributed by atoms with Crippen LogP contribution in [0.2, 0.25) is 0 Å². The molecule has 5 nitrogen and oxygen atoms in total. The molecule has 6 heteroatoms. The number of anilines is 1. The van der Waals surface area contributed by atoms with Gasteiger partial charge in [0.2, 0.25) is 5.95 Å². The molecule has 0 unspecified atom stereocenters. The maximum atomic E-state index is 12.4. The largest absolute Gasteiger partial charge is 0.348 e. The van der Waals surface area contributed by atoms with Gasteiger partial charge in [-0.2, -0.15) is 0 Å². The highest BCUT2D eigenvalue weighted by Crippen LogP contribution is 2.21. The molecule has 2 aromatic carbocycles. The van der Waals surface area contributed by atoms with E-state index in [1.54, 1.807) is 0 Å². The molecule has 1 amide bonds. The number of hydrogen-bond acceptors (Lipinski definition) is 4. The van der Waals surface area contributed by atoms with Crippen LogP contribution in [0.25, 0.3) is 11.1 Å². The van der Waals surface area contributed by atoms with Crippen LogP contribution in [0, 0.1) is 0 Å². The first-order valence-electron chi connectivity index (χ1n) is 9.39. The second-order valence-electron chi connectivity index (χ2n) is 6.85. The second kappa shape index (κ2) is 8.52. The molecule has 4 rings (SSSR count). The number of halogens is 1. The lowest BCUT2D eigenvalue weighted by Gasteiger charge is -2.14. The van der Waals surface area contributed by atoms with E-state index in [0.717, 1.165) is 40.2 Å². The Morgan fingerprint density at radius 3 is 2.21 bits per heavy atom. The van der Waals surface area contributed by atoms with Gasteiger partial charge in [0.25, 0.3) is 5.91 Å². The molecule has 1 N–H and O–H groups in total. The summed E-state index contributed by atoms with van der Waals surface area (Å²) in [5.74, 6) is 0.709. The van der Waals surface area contributed by atoms with E-state index in [9.17, 15) is 4.79 Å². The molecule has 142 valence electrons. The van der Waals surface area contributed by atoms with Gasteiger partial charge in [-0.3, -0.25) is 4.79 Å². The molecule has 1 aliphatic rings. The Labute approximate surface area is 173 Å². The molecule has 0 atom stereocenters. The van der Waals surface area contributed by atoms with E-state index >= 15 is 0 Å². The number of nitrogens with one attached hydrogen (secondary N) is 1. The van der Waals surface area contributed by atoms with Crippen LogP contribution in [0.1, 0.15) is 28.8 Å². The van der Waals surface area contributed by atoms with Crippen LogP contribution in [-0.4, -0.2) is 29.0 Å². The molecule has 0 radical (unpaired) electrons. The Morgan fingerprint density at radius 2 is 1.57 bits per heavy atom. The van der Waals surface area contributed by atoms with Crippen LogP contribution in [0.4, 0.5) is 5.95 Å². The molecule has 1 saturated heterocycles. The Hall–Kier alpha value is -2.73. The lowest BCUT2D eigenvalue weighted by molar-refractivity contribution is 0.0951. The molecule has 0 bridgehead atoms. The van der Waals surface area contributed by atoms with E-state index in [4.69, 9.17) is 0 Å². The Balaban J connectivity index is 1.38. The summed E-state index contributed by atoms with van der Waals surface area (Å²) < 4.78 is 1.02. The van der Waals surface area contributed by atoms with Crippen molar-refractivity contribution < 1.29 is 4.79 Å². The zero-order chi connectivity index (χ0) is 19.3. The van der Waals surface area contributed by atoms with Crippen LogP contribution in [0.3, 0.4) is 0 Å². The lowest BCUT2D eigenvalue weighted by Crippen LogP contribution is -2.22. The molecule has 1 aromatic heterocycles. The van der Waals surface area contributed by atoms with Crippen molar-refractivity contribution in [1.29, 1.82) is 0 Å². The summed E-state index contributed by atoms with van der Waals surface area (Å²) in [5, 5.41) is 2.95. The van der Waals surface area contributed by atoms with Gasteiger partial charge >= 0.3 is 0 Å². The SMILES string of the molecule is O=C(NCc1ccc(Br)cc1)c1ccc(-c2cnc(N3CCCC3)nc2)cc1. The van der Waals surface area contributed by atoms with Crippen molar-refractivity contribution in [3.8, 4) is 11.1 Å². The predicted molar refractivity (Wildman–Crippen MR) is 114 cm³/mol. The predicted octanol–water partition coefficient (Wildman–Crippen LogP) is 4.44. The van der Waals surface area contributed by atoms with Gasteiger partial charge in [-0.25, -0.2) is 9.97 Å². The highest BCUT2D eigenvalue weighted by atomic mass is 79.9. The van der Waals surface area contributed by atoms with Crippen LogP contribution in [0.15, 0.2) is 65.4 Å². The highest BCUT2D eigenvalue weighted by molar-refractivity contribution is 9.10. The second-order valence-corrected chi connectivity index (χ2v) is 7.77. The van der Waals surface area contributed by atoms with Gasteiger partial charge in [0.15, 0.2) is 0 Å². The normalized spacial score (nSPS) is 13.5. The fourth-order valence-electron chi connectivity index (χ4n) is 3.25. The maximum Gasteiger partial charge on any atom is 0.251 e. The molecular formula is C22H21BrN4O. The third kappa shape index (κ3) is 4.39. The zero-order valence-electron chi connectivity index (χ0n) is 15.4. The first kappa shape index (κ1) is 18.6. The summed E-state index contributed by atoms with van der Waals surface area (Å²) in [7, 11) is 0. The van der Waals surface area contributed by atoms with Crippen molar-refractivity contribution in [3.05, 3.63) is 76.5 Å². The first-order chi connectivity index (χ1) is 13.7. The highest BCUT2D eigenvalue weighted by Gasteiger charge is 2.14. The van der Waals surface area contributed by atoms with Gasteiger partial charge in [-0.05, 0) is 48.2 Å². The summed E-state index contributed by atoms with van der Waals surface area (Å²) in [4.78, 5) is 23.6. The number of carbonyl (C=O) groups excluding carboxylic acids is 1. The first-order valence-corrected chi connectivity index (χ1v) is 10.2. The molecule has 1 fully saturated rings. The minimum atomic E-state index is -0.0879. The summed E-state index contributed by atoms with van der Waals surface area (Å²) in [6, 6.07) is 15.4. The van der Waals surface area contributed by atoms with Crippen molar-refractivity contribution >= 4 is 27.8 Å². The Kier molecular flexibility index (Phi) is 5.67. The lowest BCUT2D eigenvalue weighted by atomic mass is 10.1. The van der Waals surface area contributed by atoms with Crippen molar-refractivity contribution in [2.24, 2.45) is 0 Å². The maximum absolute atomic E-state index is 12.4. The van der Waals surface area contributed by atoms with E-state index in [2.05, 4.69) is 36.1 Å². The van der Waals surface area contributed by atoms with Crippen LogP contribution in [0.5, 0.6) is 0 Å². The standard InChI is InChI=1S/C22H21BrN4O/c23-20-9-3-16(4-10-20)13-24-21(28)18-7-5-17(6-8-18)19-14-25-22(26-15-19)27-11-1-2-12-27/h3-10,14-15H,1-2,11-13H2,(H,24,28). The average Bonchev–Trinajstić information content (AvgIpc) is 3.28. The number of aromatic nitrogens is 2. The molecule has 28 heavy (non-hydrogen) atoms. The number of rotatable bonds is 5. The van der Waals surface area contributed by atoms with Crippen LogP contribution >= 0.6 is 15.9 Å². The van der Waals surface area contributed by atoms with E-state index in [-0.39, 0.29) is 5.91 Å². The third-order valence-electron chi connectivity index (χ3n) is 4.87. The molecule has 1 aliphatic heterocycles. The van der Waals surface area contributed by atoms with E-state index in [0.29, 0.717) is 12.1 Å². The molecule has 2 heterocycles. The smallest absolute Gasteiger partial charge is 0.251 e. The van der Waals surface area contributed by atoms with E-state index in [1.807, 2.05) is 60.9 Å². The minimum absolute atomic E-state index is 0.0879. The quantitative estimate of drug-likeness (QED) is 0.642. The molecule has 0 spiro atoms. The summed E-state index contributed by atoms with van der Waals surface area (Å²) in [5.41, 5.74) is 3.64. The average molecular weight is 437 g/mol. The van der Waals surface area contributed by atoms with Gasteiger partial charge in [-0.1, -0.05) is 40.2 Å². The van der Waals surface area contributed by atoms with E-state index in [1.165, 1.54) is 12.8 Å². The van der Waals surface area contributed by atoms with E-state index < -0.39 is 0 Å². The van der Waals surface area contributed by atoms with Crippen LogP contribution < -0.4 is 10.2 Å². The van der Waals surface area contributed by atoms with Gasteiger partial charge < -0.3 is 10.2 Å². The number of nitrogens with zero attached hydrogens (tertiary/aromatic N) is 3. The topological polar surface area (TPSA) is 58.1 Å². The molecule has 3 aromatic rings. The van der Waals surface area contributed by atoms with Gasteiger partial charge in [-0.15, -0.1) is 0 Å². The van der Waals surface area contributed by atoms with Gasteiger partial charge in [0, 0.05) is 47.6 Å². The van der Waals surface area contributed by atoms with Crippen molar-refractivity contribution in [3.63, 3.8) is 0 Å². The molecule has 0 saturated carbocycles. The number of hydrogen-bond donors (Lipinski definition) is 1. The zero-order valence-corrected chi connectivity index (χ0v) is 17.0. The fourth-order valence-corrected chi connectivity index (χ4v) is 3.52. The van der Waals surface area contributed by atoms with Crippen LogP contribution in [-0.2, 0) is 6.54 Å². The van der Waals surface area contributed by atoms with Gasteiger partial charge in [0.1, 0.15) is 0 Å². The van der Waals surface area contributed by atoms with Crippen molar-refractivity contribution in [1.82, 2.24) is 15.3 Å². The van der Waals surface area contributed by atoms with Crippen molar-refractivity contribution in [2.45, 2.75) is 19.4 Å². The molecule has 0 aliphatic carbocycles. The fraction of sp³-hybridized carbons (Fsp3) is 0.227. The van der Waals surface area contributed by atoms with Gasteiger partial charge in [0.05, 0.1) is 0 Å². The number of carbonyl (C=O) groups is 1. The number of amides is 1. The molecular weight excluding hydrogens is 416 g/mol. The minimum Gasteiger partial charge on any atom is -0.348 e. The number of benzene rings is 2. The Bertz CT molecular complexity index is 934. The summed E-state index contributed by atoms with van der Waals surface area (Å²) >= 11 is 3.41. The Morgan fingerprint density at radius 1 is 0.929 bits per heavy atom. The summed E-state index contributed by atoms with van der Waals surface area (Å²) in [6.07, 6.45) is 6.11. The third-order valence-corrected chi connectivity index (χ3v) is 5.40. The summed E-state index contributed by atoms with van der Waals surface area (Å²) in [6.45, 7) is 2.56. The monoisotopic (exact) mass is 436 g/mol. The van der Waals surface area contributed by atoms with Crippen molar-refractivity contribution in [2.75, 3.05) is 18.0 Å².